The fourth-order valence-electron chi connectivity index (χ4n) is 1.52. The van der Waals surface area contributed by atoms with Crippen molar-refractivity contribution in [2.75, 3.05) is 0 Å². The van der Waals surface area contributed by atoms with Crippen LogP contribution in [0, 0.1) is 17.3 Å². The van der Waals surface area contributed by atoms with Gasteiger partial charge in [0.2, 0.25) is 0 Å². The van der Waals surface area contributed by atoms with Gasteiger partial charge in [-0.05, 0) is 62.4 Å². The molecule has 0 bridgehead atoms. The highest BCUT2D eigenvalue weighted by Gasteiger charge is 2.17. The maximum atomic E-state index is 10.8. The first-order valence-electron chi connectivity index (χ1n) is 4.79. The van der Waals surface area contributed by atoms with Gasteiger partial charge >= 0.3 is 0 Å². The number of benzene rings is 2. The fourth-order valence-corrected chi connectivity index (χ4v) is 2.96. The lowest BCUT2D eigenvalue weighted by atomic mass is 10.1. The summed E-state index contributed by atoms with van der Waals surface area (Å²) in [6.45, 7) is 0. The van der Waals surface area contributed by atoms with Gasteiger partial charge in [0.15, 0.2) is 0 Å². The Hall–Kier alpha value is -0.700. The smallest absolute Gasteiger partial charge is 0.258 e. The van der Waals surface area contributed by atoms with Crippen LogP contribution in [0.5, 0.6) is 0 Å². The summed E-state index contributed by atoms with van der Waals surface area (Å²) in [5, 5.41) is 10.8. The van der Waals surface area contributed by atoms with Gasteiger partial charge in [0.25, 0.3) is 5.69 Å². The van der Waals surface area contributed by atoms with E-state index >= 15 is 0 Å². The summed E-state index contributed by atoms with van der Waals surface area (Å²) in [6.07, 6.45) is 0. The van der Waals surface area contributed by atoms with E-state index in [0.717, 1.165) is 14.7 Å². The first-order chi connectivity index (χ1) is 8.11. The zero-order chi connectivity index (χ0) is 12.4. The SMILES string of the molecule is O=[N+]([O-])c1ccc(-c2ccccc2)c(I)c1I. The average molecular weight is 451 g/mol. The minimum Gasteiger partial charge on any atom is -0.258 e. The summed E-state index contributed by atoms with van der Waals surface area (Å²) < 4.78 is 1.61. The van der Waals surface area contributed by atoms with Crippen molar-refractivity contribution in [2.45, 2.75) is 0 Å². The predicted octanol–water partition coefficient (Wildman–Crippen LogP) is 4.47. The van der Waals surface area contributed by atoms with Crippen molar-refractivity contribution in [3.8, 4) is 11.1 Å². The van der Waals surface area contributed by atoms with E-state index in [1.165, 1.54) is 0 Å². The Kier molecular flexibility index (Phi) is 3.97. The van der Waals surface area contributed by atoms with Gasteiger partial charge in [0.05, 0.1) is 4.92 Å². The molecule has 0 atom stereocenters. The third-order valence-electron chi connectivity index (χ3n) is 2.34. The van der Waals surface area contributed by atoms with Crippen LogP contribution >= 0.6 is 45.2 Å². The molecule has 0 N–H and O–H groups in total. The predicted molar refractivity (Wildman–Crippen MR) is 84.0 cm³/mol. The number of hydrogen-bond acceptors (Lipinski definition) is 2. The summed E-state index contributed by atoms with van der Waals surface area (Å²) in [5.74, 6) is 0. The molecule has 3 nitrogen and oxygen atoms in total. The van der Waals surface area contributed by atoms with Crippen molar-refractivity contribution in [1.29, 1.82) is 0 Å². The van der Waals surface area contributed by atoms with Gasteiger partial charge in [0.1, 0.15) is 3.57 Å². The van der Waals surface area contributed by atoms with Crippen LogP contribution in [0.4, 0.5) is 5.69 Å². The van der Waals surface area contributed by atoms with E-state index < -0.39 is 0 Å². The Bertz CT molecular complexity index is 570. The minimum absolute atomic E-state index is 0.162. The molecule has 2 rings (SSSR count). The summed E-state index contributed by atoms with van der Waals surface area (Å²) in [7, 11) is 0. The number of nitrogens with zero attached hydrogens (tertiary/aromatic N) is 1. The van der Waals surface area contributed by atoms with Crippen LogP contribution in [0.2, 0.25) is 0 Å². The second-order valence-electron chi connectivity index (χ2n) is 3.38. The van der Waals surface area contributed by atoms with Crippen LogP contribution in [-0.4, -0.2) is 4.92 Å². The Balaban J connectivity index is 2.60. The van der Waals surface area contributed by atoms with Gasteiger partial charge in [-0.25, -0.2) is 0 Å². The van der Waals surface area contributed by atoms with Crippen molar-refractivity contribution in [3.05, 3.63) is 59.7 Å². The molecule has 0 unspecified atom stereocenters. The van der Waals surface area contributed by atoms with E-state index in [1.54, 1.807) is 12.1 Å². The molecule has 0 fully saturated rings. The standard InChI is InChI=1S/C12H7I2NO2/c13-11-9(8-4-2-1-3-5-8)6-7-10(12(11)14)15(16)17/h1-7H. The average Bonchev–Trinajstić information content (AvgIpc) is 2.33. The molecule has 0 aromatic heterocycles. The molecule has 0 radical (unpaired) electrons. The molecule has 0 aliphatic carbocycles. The minimum atomic E-state index is -0.349. The maximum absolute atomic E-state index is 10.8. The lowest BCUT2D eigenvalue weighted by Crippen LogP contribution is -1.95. The molecule has 0 heterocycles. The lowest BCUT2D eigenvalue weighted by Gasteiger charge is -2.06. The number of hydrogen-bond donors (Lipinski definition) is 0. The second-order valence-corrected chi connectivity index (χ2v) is 5.54. The van der Waals surface area contributed by atoms with E-state index in [4.69, 9.17) is 0 Å². The van der Waals surface area contributed by atoms with Crippen molar-refractivity contribution in [2.24, 2.45) is 0 Å². The lowest BCUT2D eigenvalue weighted by molar-refractivity contribution is -0.385. The Labute approximate surface area is 126 Å². The zero-order valence-electron chi connectivity index (χ0n) is 8.56. The molecule has 0 spiro atoms. The van der Waals surface area contributed by atoms with Gasteiger partial charge in [0, 0.05) is 9.64 Å². The fraction of sp³-hybridized carbons (Fsp3) is 0. The van der Waals surface area contributed by atoms with Crippen LogP contribution in [0.15, 0.2) is 42.5 Å². The van der Waals surface area contributed by atoms with E-state index in [0.29, 0.717) is 3.57 Å². The van der Waals surface area contributed by atoms with Crippen molar-refractivity contribution < 1.29 is 4.92 Å². The van der Waals surface area contributed by atoms with E-state index in [2.05, 4.69) is 22.6 Å². The monoisotopic (exact) mass is 451 g/mol. The summed E-state index contributed by atoms with van der Waals surface area (Å²) >= 11 is 4.18. The topological polar surface area (TPSA) is 43.1 Å². The third kappa shape index (κ3) is 2.59. The van der Waals surface area contributed by atoms with Crippen LogP contribution < -0.4 is 0 Å². The van der Waals surface area contributed by atoms with Gasteiger partial charge < -0.3 is 0 Å². The Morgan fingerprint density at radius 1 is 0.941 bits per heavy atom. The molecule has 2 aromatic carbocycles. The highest BCUT2D eigenvalue weighted by atomic mass is 127. The maximum Gasteiger partial charge on any atom is 0.283 e. The molecule has 86 valence electrons. The van der Waals surface area contributed by atoms with Crippen LogP contribution in [0.3, 0.4) is 0 Å². The molecule has 5 heteroatoms. The zero-order valence-corrected chi connectivity index (χ0v) is 12.9. The number of halogens is 2. The second kappa shape index (κ2) is 5.30. The van der Waals surface area contributed by atoms with Crippen LogP contribution in [0.25, 0.3) is 11.1 Å². The molecule has 0 saturated carbocycles. The van der Waals surface area contributed by atoms with Gasteiger partial charge in [-0.3, -0.25) is 10.1 Å². The summed E-state index contributed by atoms with van der Waals surface area (Å²) in [5.41, 5.74) is 2.26. The van der Waals surface area contributed by atoms with Crippen molar-refractivity contribution >= 4 is 50.9 Å². The van der Waals surface area contributed by atoms with E-state index in [1.807, 2.05) is 52.9 Å². The molecule has 0 saturated heterocycles. The normalized spacial score (nSPS) is 10.2. The quantitative estimate of drug-likeness (QED) is 0.385. The van der Waals surface area contributed by atoms with Gasteiger partial charge in [-0.2, -0.15) is 0 Å². The summed E-state index contributed by atoms with van der Waals surface area (Å²) in [4.78, 5) is 10.5. The molecular formula is C12H7I2NO2. The van der Waals surface area contributed by atoms with Crippen LogP contribution in [0.1, 0.15) is 0 Å². The molecule has 0 amide bonds. The van der Waals surface area contributed by atoms with Gasteiger partial charge in [-0.1, -0.05) is 30.3 Å². The highest BCUT2D eigenvalue weighted by Crippen LogP contribution is 2.33. The first-order valence-corrected chi connectivity index (χ1v) is 6.95. The Morgan fingerprint density at radius 3 is 2.18 bits per heavy atom. The van der Waals surface area contributed by atoms with Crippen LogP contribution in [-0.2, 0) is 0 Å². The molecular weight excluding hydrogens is 444 g/mol. The summed E-state index contributed by atoms with van der Waals surface area (Å²) in [6, 6.07) is 13.2. The number of nitro groups is 1. The van der Waals surface area contributed by atoms with Gasteiger partial charge in [-0.15, -0.1) is 0 Å². The molecule has 0 aliphatic heterocycles. The number of nitro benzene ring substituents is 1. The largest absolute Gasteiger partial charge is 0.283 e. The molecule has 2 aromatic rings. The first kappa shape index (κ1) is 12.7. The van der Waals surface area contributed by atoms with Crippen molar-refractivity contribution in [3.63, 3.8) is 0 Å². The molecule has 17 heavy (non-hydrogen) atoms. The number of rotatable bonds is 2. The third-order valence-corrected chi connectivity index (χ3v) is 5.59. The molecule has 0 aliphatic rings. The van der Waals surface area contributed by atoms with E-state index in [-0.39, 0.29) is 10.6 Å². The highest BCUT2D eigenvalue weighted by molar-refractivity contribution is 14.1. The van der Waals surface area contributed by atoms with Crippen molar-refractivity contribution in [1.82, 2.24) is 0 Å². The Morgan fingerprint density at radius 2 is 1.59 bits per heavy atom. The van der Waals surface area contributed by atoms with E-state index in [9.17, 15) is 10.1 Å².